The Morgan fingerprint density at radius 3 is 2.60 bits per heavy atom. The predicted molar refractivity (Wildman–Crippen MR) is 93.6 cm³/mol. The highest BCUT2D eigenvalue weighted by molar-refractivity contribution is 6.32. The number of hydrogen-bond donors (Lipinski definition) is 2. The first-order chi connectivity index (χ1) is 11.8. The molecule has 0 saturated carbocycles. The van der Waals surface area contributed by atoms with E-state index in [4.69, 9.17) is 16.3 Å². The number of ether oxygens (including phenoxy) is 1. The van der Waals surface area contributed by atoms with Gasteiger partial charge < -0.3 is 19.8 Å². The van der Waals surface area contributed by atoms with Crippen molar-refractivity contribution in [2.75, 3.05) is 20.3 Å². The molecule has 1 atom stereocenters. The van der Waals surface area contributed by atoms with Crippen LogP contribution in [0.1, 0.15) is 31.9 Å². The van der Waals surface area contributed by atoms with E-state index in [1.54, 1.807) is 6.07 Å². The lowest BCUT2D eigenvalue weighted by Crippen LogP contribution is -2.34. The van der Waals surface area contributed by atoms with Crippen LogP contribution in [0.3, 0.4) is 0 Å². The van der Waals surface area contributed by atoms with E-state index in [0.29, 0.717) is 5.56 Å². The molecule has 0 aromatic heterocycles. The number of amides is 1. The topological polar surface area (TPSA) is 87.1 Å². The van der Waals surface area contributed by atoms with Crippen molar-refractivity contribution in [2.24, 2.45) is 5.92 Å². The van der Waals surface area contributed by atoms with E-state index in [9.17, 15) is 19.8 Å². The monoisotopic (exact) mass is 367 g/mol. The molecule has 1 aromatic rings. The van der Waals surface area contributed by atoms with Gasteiger partial charge in [0.05, 0.1) is 23.2 Å². The first-order valence-electron chi connectivity index (χ1n) is 8.02. The fourth-order valence-electron chi connectivity index (χ4n) is 2.88. The van der Waals surface area contributed by atoms with E-state index in [1.165, 1.54) is 24.1 Å². The third-order valence-electron chi connectivity index (χ3n) is 4.02. The van der Waals surface area contributed by atoms with E-state index in [-0.39, 0.29) is 47.6 Å². The number of phenolic OH excluding ortho intramolecular Hbond substituents is 1. The summed E-state index contributed by atoms with van der Waals surface area (Å²) in [6, 6.07) is 3.72. The summed E-state index contributed by atoms with van der Waals surface area (Å²) in [5, 5.41) is 20.1. The summed E-state index contributed by atoms with van der Waals surface area (Å²) in [4.78, 5) is 26.5. The number of aliphatic hydroxyl groups excluding tert-OH is 1. The number of carbonyl (C=O) groups excluding carboxylic acids is 2. The summed E-state index contributed by atoms with van der Waals surface area (Å²) < 4.78 is 5.03. The average Bonchev–Trinajstić information content (AvgIpc) is 2.79. The van der Waals surface area contributed by atoms with Gasteiger partial charge in [-0.15, -0.1) is 0 Å². The summed E-state index contributed by atoms with van der Waals surface area (Å²) in [7, 11) is 1.51. The quantitative estimate of drug-likeness (QED) is 0.773. The van der Waals surface area contributed by atoms with Crippen LogP contribution in [0.5, 0.6) is 5.75 Å². The molecule has 2 rings (SSSR count). The van der Waals surface area contributed by atoms with Crippen LogP contribution >= 0.6 is 11.6 Å². The van der Waals surface area contributed by atoms with Gasteiger partial charge in [-0.2, -0.15) is 0 Å². The van der Waals surface area contributed by atoms with E-state index in [0.717, 1.165) is 0 Å². The van der Waals surface area contributed by atoms with Gasteiger partial charge >= 0.3 is 0 Å². The van der Waals surface area contributed by atoms with Crippen molar-refractivity contribution in [1.29, 1.82) is 0 Å². The average molecular weight is 368 g/mol. The maximum absolute atomic E-state index is 12.7. The zero-order valence-corrected chi connectivity index (χ0v) is 15.2. The number of aromatic hydroxyl groups is 1. The Morgan fingerprint density at radius 1 is 1.36 bits per heavy atom. The van der Waals surface area contributed by atoms with E-state index >= 15 is 0 Å². The minimum absolute atomic E-state index is 0.0663. The number of hydrogen-bond acceptors (Lipinski definition) is 5. The minimum Gasteiger partial charge on any atom is -0.506 e. The van der Waals surface area contributed by atoms with Crippen molar-refractivity contribution < 1.29 is 24.5 Å². The van der Waals surface area contributed by atoms with Crippen LogP contribution in [0.25, 0.3) is 0 Å². The van der Waals surface area contributed by atoms with Crippen molar-refractivity contribution in [3.8, 4) is 5.75 Å². The molecule has 1 aromatic carbocycles. The lowest BCUT2D eigenvalue weighted by atomic mass is 9.92. The van der Waals surface area contributed by atoms with Crippen LogP contribution in [0.15, 0.2) is 29.5 Å². The number of aliphatic hydroxyl groups is 1. The Balaban J connectivity index is 2.50. The molecule has 0 saturated heterocycles. The molecular weight excluding hydrogens is 346 g/mol. The van der Waals surface area contributed by atoms with Crippen molar-refractivity contribution in [2.45, 2.75) is 26.3 Å². The molecule has 2 N–H and O–H groups in total. The Kier molecular flexibility index (Phi) is 6.08. The van der Waals surface area contributed by atoms with Crippen LogP contribution in [0, 0.1) is 5.92 Å². The number of nitrogens with zero attached hydrogens (tertiary/aromatic N) is 1. The Bertz CT molecular complexity index is 713. The molecule has 0 radical (unpaired) electrons. The first-order valence-corrected chi connectivity index (χ1v) is 8.40. The van der Waals surface area contributed by atoms with Crippen LogP contribution < -0.4 is 0 Å². The van der Waals surface area contributed by atoms with Gasteiger partial charge in [0.25, 0.3) is 5.91 Å². The van der Waals surface area contributed by atoms with Crippen molar-refractivity contribution in [1.82, 2.24) is 4.90 Å². The van der Waals surface area contributed by atoms with Gasteiger partial charge in [-0.25, -0.2) is 0 Å². The first kappa shape index (κ1) is 19.3. The van der Waals surface area contributed by atoms with Crippen molar-refractivity contribution >= 4 is 23.3 Å². The fraction of sp³-hybridized carbons (Fsp3) is 0.444. The van der Waals surface area contributed by atoms with Gasteiger partial charge in [0.2, 0.25) is 0 Å². The number of halogens is 1. The van der Waals surface area contributed by atoms with E-state index in [1.807, 2.05) is 13.8 Å². The van der Waals surface area contributed by atoms with Gasteiger partial charge in [-0.1, -0.05) is 31.5 Å². The number of Topliss-reactive ketones (excluding diaryl/α,β-unsaturated/α-hetero) is 1. The third kappa shape index (κ3) is 3.96. The zero-order valence-electron chi connectivity index (χ0n) is 14.5. The van der Waals surface area contributed by atoms with Gasteiger partial charge in [0.1, 0.15) is 5.75 Å². The summed E-state index contributed by atoms with van der Waals surface area (Å²) in [5.41, 5.74) is 0.611. The molecule has 1 aliphatic heterocycles. The van der Waals surface area contributed by atoms with Crippen LogP contribution in [0.4, 0.5) is 0 Å². The van der Waals surface area contributed by atoms with Crippen molar-refractivity contribution in [3.63, 3.8) is 0 Å². The lowest BCUT2D eigenvalue weighted by Gasteiger charge is -2.27. The largest absolute Gasteiger partial charge is 0.506 e. The number of rotatable bonds is 7. The summed E-state index contributed by atoms with van der Waals surface area (Å²) in [6.45, 7) is 4.25. The second-order valence-corrected chi connectivity index (χ2v) is 6.80. The fourth-order valence-corrected chi connectivity index (χ4v) is 3.07. The normalized spacial score (nSPS) is 17.7. The van der Waals surface area contributed by atoms with Crippen LogP contribution in [0.2, 0.25) is 5.02 Å². The van der Waals surface area contributed by atoms with Crippen LogP contribution in [-0.4, -0.2) is 47.1 Å². The molecule has 25 heavy (non-hydrogen) atoms. The molecular formula is C18H22ClNO5. The molecule has 136 valence electrons. The zero-order chi connectivity index (χ0) is 18.7. The summed E-state index contributed by atoms with van der Waals surface area (Å²) >= 11 is 5.99. The van der Waals surface area contributed by atoms with E-state index < -0.39 is 17.7 Å². The number of phenols is 1. The summed E-state index contributed by atoms with van der Waals surface area (Å²) in [6.07, 6.45) is 0.215. The van der Waals surface area contributed by atoms with Gasteiger partial charge in [0.15, 0.2) is 11.5 Å². The Labute approximate surface area is 151 Å². The SMILES string of the molecule is COCCN1C(=O)C(O)=C(C(=O)CC(C)C)C1c1ccc(O)c(Cl)c1. The number of benzene rings is 1. The maximum atomic E-state index is 12.7. The van der Waals surface area contributed by atoms with Crippen LogP contribution in [-0.2, 0) is 14.3 Å². The number of methoxy groups -OCH3 is 1. The third-order valence-corrected chi connectivity index (χ3v) is 4.32. The molecule has 0 aliphatic carbocycles. The minimum atomic E-state index is -0.757. The lowest BCUT2D eigenvalue weighted by molar-refractivity contribution is -0.130. The highest BCUT2D eigenvalue weighted by Gasteiger charge is 2.43. The highest BCUT2D eigenvalue weighted by Crippen LogP contribution is 2.40. The number of ketones is 1. The Morgan fingerprint density at radius 2 is 2.04 bits per heavy atom. The molecule has 1 heterocycles. The van der Waals surface area contributed by atoms with Gasteiger partial charge in [0, 0.05) is 20.1 Å². The molecule has 1 unspecified atom stereocenters. The summed E-state index contributed by atoms with van der Waals surface area (Å²) in [5.74, 6) is -1.44. The molecule has 0 bridgehead atoms. The van der Waals surface area contributed by atoms with E-state index in [2.05, 4.69) is 0 Å². The molecule has 7 heteroatoms. The predicted octanol–water partition coefficient (Wildman–Crippen LogP) is 3.00. The van der Waals surface area contributed by atoms with Crippen molar-refractivity contribution in [3.05, 3.63) is 40.1 Å². The molecule has 0 fully saturated rings. The highest BCUT2D eigenvalue weighted by atomic mass is 35.5. The standard InChI is InChI=1S/C18H22ClNO5/c1-10(2)8-14(22)15-16(11-4-5-13(21)12(19)9-11)20(6-7-25-3)18(24)17(15)23/h4-5,9-10,16,21,23H,6-8H2,1-3H3. The molecule has 1 aliphatic rings. The smallest absolute Gasteiger partial charge is 0.290 e. The second kappa shape index (κ2) is 7.89. The van der Waals surface area contributed by atoms with Gasteiger partial charge in [-0.3, -0.25) is 9.59 Å². The van der Waals surface area contributed by atoms with Gasteiger partial charge in [-0.05, 0) is 23.6 Å². The molecule has 1 amide bonds. The maximum Gasteiger partial charge on any atom is 0.290 e. The molecule has 0 spiro atoms. The second-order valence-electron chi connectivity index (χ2n) is 6.39. The Hall–Kier alpha value is -2.05. The molecule has 6 nitrogen and oxygen atoms in total. The number of carbonyl (C=O) groups is 2.